The normalized spacial score (nSPS) is 11.1. The van der Waals surface area contributed by atoms with Crippen LogP contribution in [0.2, 0.25) is 0 Å². The van der Waals surface area contributed by atoms with E-state index in [9.17, 15) is 4.79 Å². The third kappa shape index (κ3) is 7.47. The summed E-state index contributed by atoms with van der Waals surface area (Å²) in [4.78, 5) is 10.3. The fourth-order valence-corrected chi connectivity index (χ4v) is 0.364. The Bertz CT molecular complexity index is 102. The second-order valence-electron chi connectivity index (χ2n) is 3.34. The van der Waals surface area contributed by atoms with Crippen LogP contribution in [0.15, 0.2) is 0 Å². The Morgan fingerprint density at radius 3 is 2.11 bits per heavy atom. The molecule has 1 radical (unpaired) electrons. The van der Waals surface area contributed by atoms with E-state index >= 15 is 0 Å². The van der Waals surface area contributed by atoms with Crippen molar-refractivity contribution < 1.29 is 4.79 Å². The van der Waals surface area contributed by atoms with Crippen LogP contribution >= 0.6 is 0 Å². The maximum Gasteiger partial charge on any atom is 0.220 e. The summed E-state index contributed by atoms with van der Waals surface area (Å²) in [6.45, 7) is 10.1. The molecule has 0 bridgehead atoms. The third-order valence-electron chi connectivity index (χ3n) is 0.816. The van der Waals surface area contributed by atoms with Crippen LogP contribution in [0.5, 0.6) is 0 Å². The lowest BCUT2D eigenvalue weighted by Gasteiger charge is -2.17. The maximum absolute atomic E-state index is 10.3. The molecule has 0 heterocycles. The van der Waals surface area contributed by atoms with Gasteiger partial charge in [0.2, 0.25) is 5.91 Å². The van der Waals surface area contributed by atoms with Crippen molar-refractivity contribution in [1.82, 2.24) is 5.32 Å². The topological polar surface area (TPSA) is 29.1 Å². The summed E-state index contributed by atoms with van der Waals surface area (Å²) in [5, 5.41) is 2.64. The molecule has 0 aliphatic rings. The van der Waals surface area contributed by atoms with Gasteiger partial charge in [0.05, 0.1) is 0 Å². The molecule has 0 rings (SSSR count). The van der Waals surface area contributed by atoms with Crippen LogP contribution in [0.3, 0.4) is 0 Å². The summed E-state index contributed by atoms with van der Waals surface area (Å²) in [5.41, 5.74) is 0.160. The molecule has 0 aliphatic heterocycles. The minimum atomic E-state index is -0.204. The molecule has 0 aromatic rings. The summed E-state index contributed by atoms with van der Waals surface area (Å²) in [6, 6.07) is 0. The highest BCUT2D eigenvalue weighted by Crippen LogP contribution is 2.09. The molecule has 53 valence electrons. The SMILES string of the molecule is [CH2]C(=O)NCC(C)(C)C. The summed E-state index contributed by atoms with van der Waals surface area (Å²) < 4.78 is 0. The van der Waals surface area contributed by atoms with E-state index in [2.05, 4.69) is 33.0 Å². The van der Waals surface area contributed by atoms with E-state index in [-0.39, 0.29) is 11.3 Å². The van der Waals surface area contributed by atoms with Crippen LogP contribution in [0.1, 0.15) is 20.8 Å². The lowest BCUT2D eigenvalue weighted by Crippen LogP contribution is -2.30. The Balaban J connectivity index is 3.39. The van der Waals surface area contributed by atoms with Crippen LogP contribution in [0.4, 0.5) is 0 Å². The fraction of sp³-hybridized carbons (Fsp3) is 0.714. The van der Waals surface area contributed by atoms with Gasteiger partial charge >= 0.3 is 0 Å². The van der Waals surface area contributed by atoms with Gasteiger partial charge in [-0.2, -0.15) is 0 Å². The van der Waals surface area contributed by atoms with Gasteiger partial charge in [0.15, 0.2) is 0 Å². The highest BCUT2D eigenvalue weighted by Gasteiger charge is 2.09. The van der Waals surface area contributed by atoms with E-state index in [4.69, 9.17) is 0 Å². The molecular formula is C7H14NO. The zero-order valence-corrected chi connectivity index (χ0v) is 6.32. The van der Waals surface area contributed by atoms with Crippen LogP contribution in [0.25, 0.3) is 0 Å². The molecule has 0 saturated carbocycles. The summed E-state index contributed by atoms with van der Waals surface area (Å²) in [5.74, 6) is -0.204. The molecule has 1 N–H and O–H groups in total. The Hall–Kier alpha value is -0.530. The summed E-state index contributed by atoms with van der Waals surface area (Å²) in [7, 11) is 0. The lowest BCUT2D eigenvalue weighted by molar-refractivity contribution is -0.117. The van der Waals surface area contributed by atoms with E-state index in [0.717, 1.165) is 0 Å². The number of amides is 1. The first kappa shape index (κ1) is 8.47. The average molecular weight is 128 g/mol. The summed E-state index contributed by atoms with van der Waals surface area (Å²) >= 11 is 0. The lowest BCUT2D eigenvalue weighted by atomic mass is 9.97. The quantitative estimate of drug-likeness (QED) is 0.560. The highest BCUT2D eigenvalue weighted by molar-refractivity contribution is 5.79. The molecule has 0 saturated heterocycles. The molecule has 0 fully saturated rings. The number of carbonyl (C=O) groups is 1. The first-order valence-corrected chi connectivity index (χ1v) is 3.01. The van der Waals surface area contributed by atoms with Gasteiger partial charge in [-0.3, -0.25) is 4.79 Å². The monoisotopic (exact) mass is 128 g/mol. The van der Waals surface area contributed by atoms with Gasteiger partial charge < -0.3 is 5.32 Å². The van der Waals surface area contributed by atoms with Gasteiger partial charge in [0, 0.05) is 13.5 Å². The number of nitrogens with one attached hydrogen (secondary N) is 1. The molecular weight excluding hydrogens is 114 g/mol. The van der Waals surface area contributed by atoms with Crippen molar-refractivity contribution in [3.05, 3.63) is 6.92 Å². The molecule has 0 atom stereocenters. The zero-order chi connectivity index (χ0) is 7.49. The minimum absolute atomic E-state index is 0.160. The van der Waals surface area contributed by atoms with E-state index in [1.54, 1.807) is 0 Å². The summed E-state index contributed by atoms with van der Waals surface area (Å²) in [6.07, 6.45) is 0. The zero-order valence-electron chi connectivity index (χ0n) is 6.32. The van der Waals surface area contributed by atoms with Crippen molar-refractivity contribution in [3.63, 3.8) is 0 Å². The largest absolute Gasteiger partial charge is 0.356 e. The van der Waals surface area contributed by atoms with Crippen molar-refractivity contribution in [2.24, 2.45) is 5.41 Å². The standard InChI is InChI=1S/C7H14NO/c1-6(9)8-5-7(2,3)4/h1,5H2,2-4H3,(H,8,9). The number of carbonyl (C=O) groups excluding carboxylic acids is 1. The molecule has 0 aromatic heterocycles. The Morgan fingerprint density at radius 2 is 2.00 bits per heavy atom. The number of rotatable bonds is 1. The molecule has 2 nitrogen and oxygen atoms in total. The van der Waals surface area contributed by atoms with Crippen molar-refractivity contribution in [2.45, 2.75) is 20.8 Å². The van der Waals surface area contributed by atoms with Gasteiger partial charge in [-0.25, -0.2) is 0 Å². The van der Waals surface area contributed by atoms with E-state index in [1.165, 1.54) is 0 Å². The molecule has 0 unspecified atom stereocenters. The number of hydrogen-bond acceptors (Lipinski definition) is 1. The van der Waals surface area contributed by atoms with Gasteiger partial charge in [-0.05, 0) is 5.41 Å². The molecule has 0 aliphatic carbocycles. The average Bonchev–Trinajstić information content (AvgIpc) is 1.59. The van der Waals surface area contributed by atoms with Gasteiger partial charge in [-0.15, -0.1) is 0 Å². The molecule has 0 spiro atoms. The highest BCUT2D eigenvalue weighted by atomic mass is 16.1. The smallest absolute Gasteiger partial charge is 0.220 e. The minimum Gasteiger partial charge on any atom is -0.356 e. The first-order chi connectivity index (χ1) is 3.92. The van der Waals surface area contributed by atoms with Gasteiger partial charge in [-0.1, -0.05) is 20.8 Å². The van der Waals surface area contributed by atoms with Crippen LogP contribution in [-0.4, -0.2) is 12.5 Å². The van der Waals surface area contributed by atoms with Crippen LogP contribution < -0.4 is 5.32 Å². The molecule has 1 amide bonds. The van der Waals surface area contributed by atoms with E-state index in [1.807, 2.05) is 0 Å². The van der Waals surface area contributed by atoms with Crippen LogP contribution in [0, 0.1) is 12.3 Å². The fourth-order valence-electron chi connectivity index (χ4n) is 0.364. The van der Waals surface area contributed by atoms with Gasteiger partial charge in [0.25, 0.3) is 0 Å². The second kappa shape index (κ2) is 2.85. The Kier molecular flexibility index (Phi) is 2.68. The Labute approximate surface area is 56.6 Å². The molecule has 0 aromatic carbocycles. The van der Waals surface area contributed by atoms with E-state index in [0.29, 0.717) is 6.54 Å². The number of hydrogen-bond donors (Lipinski definition) is 1. The predicted octanol–water partition coefficient (Wildman–Crippen LogP) is 0.983. The first-order valence-electron chi connectivity index (χ1n) is 3.01. The van der Waals surface area contributed by atoms with Crippen molar-refractivity contribution in [1.29, 1.82) is 0 Å². The molecule has 2 heteroatoms. The van der Waals surface area contributed by atoms with E-state index < -0.39 is 0 Å². The second-order valence-corrected chi connectivity index (χ2v) is 3.34. The van der Waals surface area contributed by atoms with Crippen molar-refractivity contribution >= 4 is 5.91 Å². The maximum atomic E-state index is 10.3. The van der Waals surface area contributed by atoms with Crippen molar-refractivity contribution in [2.75, 3.05) is 6.54 Å². The Morgan fingerprint density at radius 1 is 1.56 bits per heavy atom. The predicted molar refractivity (Wildman–Crippen MR) is 37.8 cm³/mol. The molecule has 9 heavy (non-hydrogen) atoms. The van der Waals surface area contributed by atoms with Crippen molar-refractivity contribution in [3.8, 4) is 0 Å². The van der Waals surface area contributed by atoms with Gasteiger partial charge in [0.1, 0.15) is 0 Å². The third-order valence-corrected chi connectivity index (χ3v) is 0.816. The van der Waals surface area contributed by atoms with Crippen LogP contribution in [-0.2, 0) is 4.79 Å².